The van der Waals surface area contributed by atoms with E-state index < -0.39 is 5.97 Å². The first-order valence-electron chi connectivity index (χ1n) is 6.13. The molecule has 2 aromatic rings. The van der Waals surface area contributed by atoms with E-state index in [2.05, 4.69) is 0 Å². The first-order valence-corrected chi connectivity index (χ1v) is 6.50. The number of hydrogen-bond acceptors (Lipinski definition) is 1. The van der Waals surface area contributed by atoms with E-state index in [0.717, 1.165) is 16.7 Å². The maximum atomic E-state index is 11.3. The Hall–Kier alpha value is -1.80. The zero-order chi connectivity index (χ0) is 14.0. The molecule has 19 heavy (non-hydrogen) atoms. The summed E-state index contributed by atoms with van der Waals surface area (Å²) in [4.78, 5) is 11.3. The van der Waals surface area contributed by atoms with E-state index in [4.69, 9.17) is 11.6 Å². The van der Waals surface area contributed by atoms with E-state index in [1.54, 1.807) is 6.07 Å². The molecule has 2 rings (SSSR count). The highest BCUT2D eigenvalue weighted by atomic mass is 35.5. The van der Waals surface area contributed by atoms with Crippen LogP contribution in [0.15, 0.2) is 42.5 Å². The molecule has 0 radical (unpaired) electrons. The molecule has 3 heteroatoms. The van der Waals surface area contributed by atoms with Crippen LogP contribution in [0.5, 0.6) is 0 Å². The number of rotatable bonds is 3. The van der Waals surface area contributed by atoms with Gasteiger partial charge in [-0.05, 0) is 29.2 Å². The van der Waals surface area contributed by atoms with Gasteiger partial charge in [0.2, 0.25) is 0 Å². The quantitative estimate of drug-likeness (QED) is 0.870. The van der Waals surface area contributed by atoms with Gasteiger partial charge in [-0.25, -0.2) is 4.79 Å². The van der Waals surface area contributed by atoms with Crippen molar-refractivity contribution in [3.05, 3.63) is 58.6 Å². The summed E-state index contributed by atoms with van der Waals surface area (Å²) in [5.41, 5.74) is 2.83. The summed E-state index contributed by atoms with van der Waals surface area (Å²) in [6.07, 6.45) is 0. The monoisotopic (exact) mass is 274 g/mol. The molecule has 0 aliphatic heterocycles. The fourth-order valence-electron chi connectivity index (χ4n) is 1.96. The van der Waals surface area contributed by atoms with Crippen LogP contribution >= 0.6 is 11.6 Å². The van der Waals surface area contributed by atoms with E-state index >= 15 is 0 Å². The van der Waals surface area contributed by atoms with Crippen LogP contribution in [0, 0.1) is 0 Å². The van der Waals surface area contributed by atoms with Crippen molar-refractivity contribution in [2.75, 3.05) is 0 Å². The number of hydrogen-bond donors (Lipinski definition) is 1. The summed E-state index contributed by atoms with van der Waals surface area (Å²) in [6, 6.07) is 13.2. The highest BCUT2D eigenvalue weighted by Crippen LogP contribution is 2.34. The minimum atomic E-state index is -0.996. The molecule has 2 aromatic carbocycles. The second-order valence-electron chi connectivity index (χ2n) is 4.76. The molecule has 0 saturated heterocycles. The summed E-state index contributed by atoms with van der Waals surface area (Å²) >= 11 is 6.23. The zero-order valence-corrected chi connectivity index (χ0v) is 11.6. The van der Waals surface area contributed by atoms with Crippen molar-refractivity contribution < 1.29 is 9.90 Å². The zero-order valence-electron chi connectivity index (χ0n) is 10.9. The lowest BCUT2D eigenvalue weighted by Gasteiger charge is -2.13. The third-order valence-corrected chi connectivity index (χ3v) is 3.48. The Morgan fingerprint density at radius 1 is 1.16 bits per heavy atom. The second kappa shape index (κ2) is 5.45. The molecule has 0 fully saturated rings. The lowest BCUT2D eigenvalue weighted by molar-refractivity contribution is 0.0697. The normalized spacial score (nSPS) is 10.7. The topological polar surface area (TPSA) is 37.3 Å². The van der Waals surface area contributed by atoms with Gasteiger partial charge < -0.3 is 5.11 Å². The fraction of sp³-hybridized carbons (Fsp3) is 0.188. The molecule has 1 N–H and O–H groups in total. The first-order chi connectivity index (χ1) is 9.00. The Morgan fingerprint density at radius 2 is 1.79 bits per heavy atom. The molecule has 0 unspecified atom stereocenters. The second-order valence-corrected chi connectivity index (χ2v) is 5.13. The summed E-state index contributed by atoms with van der Waals surface area (Å²) in [7, 11) is 0. The van der Waals surface area contributed by atoms with E-state index in [1.807, 2.05) is 50.2 Å². The highest BCUT2D eigenvalue weighted by molar-refractivity contribution is 6.36. The number of halogens is 1. The molecular weight excluding hydrogens is 260 g/mol. The van der Waals surface area contributed by atoms with Crippen molar-refractivity contribution >= 4 is 17.6 Å². The summed E-state index contributed by atoms with van der Waals surface area (Å²) in [5.74, 6) is -0.748. The van der Waals surface area contributed by atoms with Gasteiger partial charge in [-0.15, -0.1) is 0 Å². The molecule has 98 valence electrons. The Balaban J connectivity index is 2.69. The van der Waals surface area contributed by atoms with E-state index in [9.17, 15) is 9.90 Å². The summed E-state index contributed by atoms with van der Waals surface area (Å²) in [5, 5.41) is 9.55. The minimum Gasteiger partial charge on any atom is -0.478 e. The number of aromatic carboxylic acids is 1. The van der Waals surface area contributed by atoms with E-state index in [-0.39, 0.29) is 11.5 Å². The lowest BCUT2D eigenvalue weighted by Crippen LogP contribution is -2.01. The molecule has 0 spiro atoms. The van der Waals surface area contributed by atoms with Crippen molar-refractivity contribution in [3.8, 4) is 11.1 Å². The molecule has 0 aliphatic rings. The number of carbonyl (C=O) groups is 1. The van der Waals surface area contributed by atoms with Gasteiger partial charge in [0.15, 0.2) is 0 Å². The summed E-state index contributed by atoms with van der Waals surface area (Å²) in [6.45, 7) is 4.06. The first kappa shape index (κ1) is 13.6. The van der Waals surface area contributed by atoms with Gasteiger partial charge in [-0.1, -0.05) is 55.8 Å². The fourth-order valence-corrected chi connectivity index (χ4v) is 2.26. The van der Waals surface area contributed by atoms with Gasteiger partial charge in [0.1, 0.15) is 0 Å². The number of carboxylic acid groups (broad SMARTS) is 1. The molecule has 0 aromatic heterocycles. The predicted molar refractivity (Wildman–Crippen MR) is 77.9 cm³/mol. The maximum Gasteiger partial charge on any atom is 0.337 e. The van der Waals surface area contributed by atoms with Gasteiger partial charge in [0.05, 0.1) is 10.6 Å². The average molecular weight is 275 g/mol. The van der Waals surface area contributed by atoms with Crippen LogP contribution in [0.1, 0.15) is 35.7 Å². The summed E-state index contributed by atoms with van der Waals surface area (Å²) < 4.78 is 0. The van der Waals surface area contributed by atoms with Crippen LogP contribution in [-0.2, 0) is 0 Å². The Labute approximate surface area is 117 Å². The molecule has 0 aliphatic carbocycles. The van der Waals surface area contributed by atoms with Gasteiger partial charge in [0, 0.05) is 5.56 Å². The number of carboxylic acids is 1. The Kier molecular flexibility index (Phi) is 3.91. The smallest absolute Gasteiger partial charge is 0.337 e. The standard InChI is InChI=1S/C16H15ClO2/c1-10(2)12-8-13(11-6-4-3-5-7-11)15(17)14(9-12)16(18)19/h3-10H,1-2H3,(H,18,19). The molecule has 0 saturated carbocycles. The van der Waals surface area contributed by atoms with Crippen molar-refractivity contribution in [2.45, 2.75) is 19.8 Å². The average Bonchev–Trinajstić information content (AvgIpc) is 2.39. The van der Waals surface area contributed by atoms with Crippen molar-refractivity contribution in [1.82, 2.24) is 0 Å². The van der Waals surface area contributed by atoms with Crippen molar-refractivity contribution in [2.24, 2.45) is 0 Å². The maximum absolute atomic E-state index is 11.3. The third-order valence-electron chi connectivity index (χ3n) is 3.08. The molecular formula is C16H15ClO2. The molecule has 0 bridgehead atoms. The van der Waals surface area contributed by atoms with E-state index in [0.29, 0.717) is 5.02 Å². The van der Waals surface area contributed by atoms with Crippen LogP contribution in [0.2, 0.25) is 5.02 Å². The van der Waals surface area contributed by atoms with Crippen LogP contribution < -0.4 is 0 Å². The van der Waals surface area contributed by atoms with Gasteiger partial charge >= 0.3 is 5.97 Å². The SMILES string of the molecule is CC(C)c1cc(C(=O)O)c(Cl)c(-c2ccccc2)c1. The van der Waals surface area contributed by atoms with Crippen LogP contribution in [-0.4, -0.2) is 11.1 Å². The van der Waals surface area contributed by atoms with Gasteiger partial charge in [-0.3, -0.25) is 0 Å². The van der Waals surface area contributed by atoms with Crippen LogP contribution in [0.3, 0.4) is 0 Å². The lowest BCUT2D eigenvalue weighted by atomic mass is 9.94. The van der Waals surface area contributed by atoms with Crippen LogP contribution in [0.4, 0.5) is 0 Å². The molecule has 0 heterocycles. The molecule has 0 atom stereocenters. The predicted octanol–water partition coefficient (Wildman–Crippen LogP) is 4.83. The highest BCUT2D eigenvalue weighted by Gasteiger charge is 2.16. The third kappa shape index (κ3) is 2.79. The largest absolute Gasteiger partial charge is 0.478 e. The number of benzene rings is 2. The Morgan fingerprint density at radius 3 is 2.32 bits per heavy atom. The Bertz CT molecular complexity index is 604. The van der Waals surface area contributed by atoms with Crippen molar-refractivity contribution in [3.63, 3.8) is 0 Å². The molecule has 2 nitrogen and oxygen atoms in total. The minimum absolute atomic E-state index is 0.159. The van der Waals surface area contributed by atoms with Crippen LogP contribution in [0.25, 0.3) is 11.1 Å². The van der Waals surface area contributed by atoms with Crippen molar-refractivity contribution in [1.29, 1.82) is 0 Å². The van der Waals surface area contributed by atoms with E-state index in [1.165, 1.54) is 0 Å². The van der Waals surface area contributed by atoms with Gasteiger partial charge in [0.25, 0.3) is 0 Å². The van der Waals surface area contributed by atoms with Gasteiger partial charge in [-0.2, -0.15) is 0 Å². The molecule has 0 amide bonds.